The van der Waals surface area contributed by atoms with Gasteiger partial charge in [-0.3, -0.25) is 4.79 Å². The first kappa shape index (κ1) is 24.8. The van der Waals surface area contributed by atoms with Gasteiger partial charge in [0.05, 0.1) is 11.5 Å². The molecule has 0 N–H and O–H groups in total. The van der Waals surface area contributed by atoms with E-state index in [1.165, 1.54) is 21.1 Å². The van der Waals surface area contributed by atoms with E-state index in [1.807, 2.05) is 13.0 Å². The predicted molar refractivity (Wildman–Crippen MR) is 128 cm³/mol. The number of sulfonamides is 1. The fourth-order valence-corrected chi connectivity index (χ4v) is 6.43. The molecule has 32 heavy (non-hydrogen) atoms. The van der Waals surface area contributed by atoms with Gasteiger partial charge < -0.3 is 9.30 Å². The quantitative estimate of drug-likeness (QED) is 0.574. The van der Waals surface area contributed by atoms with Crippen molar-refractivity contribution < 1.29 is 17.9 Å². The number of esters is 1. The minimum Gasteiger partial charge on any atom is -0.465 e. The van der Waals surface area contributed by atoms with Crippen LogP contribution in [0.4, 0.5) is 0 Å². The first-order chi connectivity index (χ1) is 14.9. The van der Waals surface area contributed by atoms with Gasteiger partial charge in [-0.05, 0) is 68.1 Å². The lowest BCUT2D eigenvalue weighted by molar-refractivity contribution is -0.143. The van der Waals surface area contributed by atoms with Crippen molar-refractivity contribution in [2.45, 2.75) is 66.8 Å². The summed E-state index contributed by atoms with van der Waals surface area (Å²) in [6.07, 6.45) is 9.27. The molecule has 2 aliphatic rings. The lowest BCUT2D eigenvalue weighted by Gasteiger charge is -2.32. The Morgan fingerprint density at radius 1 is 1.31 bits per heavy atom. The smallest absolute Gasteiger partial charge is 0.325 e. The first-order valence-corrected chi connectivity index (χ1v) is 13.0. The third-order valence-electron chi connectivity index (χ3n) is 7.05. The van der Waals surface area contributed by atoms with Crippen LogP contribution in [0.25, 0.3) is 0 Å². The summed E-state index contributed by atoms with van der Waals surface area (Å²) in [5.41, 5.74) is 4.94. The fourth-order valence-electron chi connectivity index (χ4n) is 5.08. The average Bonchev–Trinajstić information content (AvgIpc) is 2.93. The summed E-state index contributed by atoms with van der Waals surface area (Å²) in [6.45, 7) is 11.1. The Kier molecular flexibility index (Phi) is 7.11. The van der Waals surface area contributed by atoms with Gasteiger partial charge >= 0.3 is 5.97 Å². The van der Waals surface area contributed by atoms with Crippen molar-refractivity contribution in [1.29, 1.82) is 0 Å². The Balaban J connectivity index is 2.06. The number of carbonyl (C=O) groups is 1. The number of allylic oxidation sites excluding steroid dienone is 4. The summed E-state index contributed by atoms with van der Waals surface area (Å²) in [7, 11) is -0.343. The highest BCUT2D eigenvalue weighted by Crippen LogP contribution is 2.42. The fraction of sp³-hybridized carbons (Fsp3) is 0.640. The molecule has 0 aliphatic heterocycles. The van der Waals surface area contributed by atoms with E-state index in [0.717, 1.165) is 25.0 Å². The zero-order valence-corrected chi connectivity index (χ0v) is 21.4. The number of ether oxygens (including phenoxy) is 1. The second-order valence-corrected chi connectivity index (χ2v) is 12.3. The molecule has 1 aromatic rings. The summed E-state index contributed by atoms with van der Waals surface area (Å²) < 4.78 is 34.8. The van der Waals surface area contributed by atoms with E-state index >= 15 is 0 Å². The van der Waals surface area contributed by atoms with Gasteiger partial charge in [0.2, 0.25) is 10.0 Å². The maximum absolute atomic E-state index is 13.1. The van der Waals surface area contributed by atoms with E-state index in [1.54, 1.807) is 20.2 Å². The van der Waals surface area contributed by atoms with Crippen molar-refractivity contribution in [3.63, 3.8) is 0 Å². The van der Waals surface area contributed by atoms with Crippen LogP contribution in [0.15, 0.2) is 23.1 Å². The van der Waals surface area contributed by atoms with Crippen LogP contribution in [0.2, 0.25) is 0 Å². The Labute approximate surface area is 193 Å². The van der Waals surface area contributed by atoms with Crippen molar-refractivity contribution >= 4 is 16.0 Å². The molecule has 2 aliphatic carbocycles. The molecule has 7 heteroatoms. The second-order valence-electron chi connectivity index (χ2n) is 10.1. The van der Waals surface area contributed by atoms with Crippen molar-refractivity contribution in [3.8, 4) is 0 Å². The van der Waals surface area contributed by atoms with Crippen molar-refractivity contribution in [3.05, 3.63) is 45.6 Å². The molecule has 2 atom stereocenters. The molecular formula is C25H38N2O4S. The second kappa shape index (κ2) is 9.18. The summed E-state index contributed by atoms with van der Waals surface area (Å²) in [5, 5.41) is 0. The van der Waals surface area contributed by atoms with Crippen molar-refractivity contribution in [1.82, 2.24) is 8.87 Å². The van der Waals surface area contributed by atoms with E-state index in [2.05, 4.69) is 38.3 Å². The molecule has 2 unspecified atom stereocenters. The van der Waals surface area contributed by atoms with E-state index in [9.17, 15) is 13.2 Å². The zero-order chi connectivity index (χ0) is 23.8. The summed E-state index contributed by atoms with van der Waals surface area (Å²) in [5.74, 6) is -0.259. The molecule has 0 bridgehead atoms. The normalized spacial score (nSPS) is 22.6. The number of fused-ring (bicyclic) bond motifs is 1. The highest BCUT2D eigenvalue weighted by molar-refractivity contribution is 7.93. The van der Waals surface area contributed by atoms with Gasteiger partial charge in [-0.15, -0.1) is 0 Å². The molecule has 0 fully saturated rings. The number of carbonyl (C=O) groups excluding carboxylic acids is 1. The van der Waals surface area contributed by atoms with E-state index in [-0.39, 0.29) is 29.8 Å². The molecule has 0 saturated carbocycles. The number of aromatic nitrogens is 1. The molecular weight excluding hydrogens is 424 g/mol. The standard InChI is InChI=1S/C25H38N2O4S/c1-8-31-24(28)16-27-18(3)21(19-12-13-25(4,5)15-22(19)27)14-20-17(2)10-9-11-23(20)32(29,30)26(6)7/h9-11,17,20H,8,12-16H2,1-7H3. The molecule has 0 aromatic carbocycles. The molecule has 0 radical (unpaired) electrons. The topological polar surface area (TPSA) is 68.6 Å². The molecule has 0 spiro atoms. The third kappa shape index (κ3) is 4.74. The Bertz CT molecular complexity index is 1040. The van der Waals surface area contributed by atoms with Crippen molar-refractivity contribution in [2.24, 2.45) is 17.3 Å². The molecule has 0 amide bonds. The number of hydrogen-bond acceptors (Lipinski definition) is 4. The van der Waals surface area contributed by atoms with Crippen LogP contribution < -0.4 is 0 Å². The minimum atomic E-state index is -3.51. The lowest BCUT2D eigenvalue weighted by atomic mass is 9.75. The molecule has 1 heterocycles. The SMILES string of the molecule is CCOC(=O)Cn1c(C)c(CC2C(S(=O)(=O)N(C)C)=CC=CC2C)c2c1CC(C)(C)CC2. The van der Waals surface area contributed by atoms with Crippen LogP contribution in [-0.4, -0.2) is 44.0 Å². The van der Waals surface area contributed by atoms with Gasteiger partial charge in [0, 0.05) is 31.4 Å². The van der Waals surface area contributed by atoms with Gasteiger partial charge in [-0.25, -0.2) is 12.7 Å². The summed E-state index contributed by atoms with van der Waals surface area (Å²) >= 11 is 0. The van der Waals surface area contributed by atoms with Crippen LogP contribution in [0.1, 0.15) is 56.6 Å². The van der Waals surface area contributed by atoms with Gasteiger partial charge in [-0.1, -0.05) is 32.9 Å². The maximum atomic E-state index is 13.1. The van der Waals surface area contributed by atoms with Crippen LogP contribution >= 0.6 is 0 Å². The highest BCUT2D eigenvalue weighted by Gasteiger charge is 2.37. The molecule has 178 valence electrons. The summed E-state index contributed by atoms with van der Waals surface area (Å²) in [4.78, 5) is 12.8. The minimum absolute atomic E-state index is 0.105. The lowest BCUT2D eigenvalue weighted by Crippen LogP contribution is -2.31. The van der Waals surface area contributed by atoms with Gasteiger partial charge in [0.1, 0.15) is 6.54 Å². The maximum Gasteiger partial charge on any atom is 0.325 e. The van der Waals surface area contributed by atoms with Crippen LogP contribution in [-0.2, 0) is 45.4 Å². The van der Waals surface area contributed by atoms with Crippen LogP contribution in [0, 0.1) is 24.2 Å². The average molecular weight is 463 g/mol. The van der Waals surface area contributed by atoms with E-state index in [4.69, 9.17) is 4.74 Å². The Morgan fingerprint density at radius 2 is 2.00 bits per heavy atom. The van der Waals surface area contributed by atoms with E-state index in [0.29, 0.717) is 17.9 Å². The first-order valence-electron chi connectivity index (χ1n) is 11.5. The van der Waals surface area contributed by atoms with Crippen molar-refractivity contribution in [2.75, 3.05) is 20.7 Å². The Hall–Kier alpha value is -1.86. The van der Waals surface area contributed by atoms with Crippen LogP contribution in [0.3, 0.4) is 0 Å². The third-order valence-corrected chi connectivity index (χ3v) is 9.04. The zero-order valence-electron chi connectivity index (χ0n) is 20.6. The van der Waals surface area contributed by atoms with Gasteiger partial charge in [0.15, 0.2) is 0 Å². The van der Waals surface area contributed by atoms with E-state index < -0.39 is 10.0 Å². The molecule has 6 nitrogen and oxygen atoms in total. The molecule has 1 aromatic heterocycles. The molecule has 0 saturated heterocycles. The number of hydrogen-bond donors (Lipinski definition) is 0. The molecule has 3 rings (SSSR count). The number of rotatable bonds is 7. The van der Waals surface area contributed by atoms with Gasteiger partial charge in [0.25, 0.3) is 0 Å². The number of nitrogens with zero attached hydrogens (tertiary/aromatic N) is 2. The highest BCUT2D eigenvalue weighted by atomic mass is 32.2. The van der Waals surface area contributed by atoms with Crippen LogP contribution in [0.5, 0.6) is 0 Å². The monoisotopic (exact) mass is 462 g/mol. The Morgan fingerprint density at radius 3 is 2.62 bits per heavy atom. The summed E-state index contributed by atoms with van der Waals surface area (Å²) in [6, 6.07) is 0. The van der Waals surface area contributed by atoms with Gasteiger partial charge in [-0.2, -0.15) is 0 Å². The predicted octanol–water partition coefficient (Wildman–Crippen LogP) is 4.01. The largest absolute Gasteiger partial charge is 0.465 e.